The number of carbonyl (C=O) groups is 1. The second-order valence-corrected chi connectivity index (χ2v) is 6.35. The van der Waals surface area contributed by atoms with Crippen LogP contribution in [0.4, 0.5) is 0 Å². The van der Waals surface area contributed by atoms with Crippen LogP contribution in [0.3, 0.4) is 0 Å². The minimum Gasteiger partial charge on any atom is -0.480 e. The van der Waals surface area contributed by atoms with Crippen molar-refractivity contribution in [3.8, 4) is 0 Å². The lowest BCUT2D eigenvalue weighted by atomic mass is 9.94. The molecule has 3 nitrogen and oxygen atoms in total. The average molecular weight is 265 g/mol. The molecule has 4 atom stereocenters. The minimum absolute atomic E-state index is 0.225. The molecule has 2 heterocycles. The van der Waals surface area contributed by atoms with Crippen LogP contribution >= 0.6 is 11.3 Å². The Morgan fingerprint density at radius 3 is 3.06 bits per heavy atom. The number of hydrogen-bond donors (Lipinski definition) is 1. The van der Waals surface area contributed by atoms with E-state index in [1.165, 1.54) is 18.4 Å². The van der Waals surface area contributed by atoms with Crippen LogP contribution < -0.4 is 0 Å². The first-order valence-corrected chi connectivity index (χ1v) is 7.63. The molecule has 2 fully saturated rings. The third-order valence-corrected chi connectivity index (χ3v) is 5.40. The third-order valence-electron chi connectivity index (χ3n) is 4.70. The van der Waals surface area contributed by atoms with Gasteiger partial charge in [0.15, 0.2) is 0 Å². The van der Waals surface area contributed by atoms with Crippen molar-refractivity contribution in [3.05, 3.63) is 22.4 Å². The Morgan fingerprint density at radius 1 is 1.56 bits per heavy atom. The summed E-state index contributed by atoms with van der Waals surface area (Å²) in [5, 5.41) is 13.7. The Bertz CT molecular complexity index is 431. The molecule has 3 rings (SSSR count). The van der Waals surface area contributed by atoms with E-state index in [9.17, 15) is 9.90 Å². The van der Waals surface area contributed by atoms with Gasteiger partial charge in [0, 0.05) is 12.6 Å². The smallest absolute Gasteiger partial charge is 0.321 e. The van der Waals surface area contributed by atoms with E-state index in [1.807, 2.05) is 0 Å². The zero-order valence-electron chi connectivity index (χ0n) is 10.6. The summed E-state index contributed by atoms with van der Waals surface area (Å²) in [5.41, 5.74) is 1.26. The van der Waals surface area contributed by atoms with Crippen molar-refractivity contribution in [1.29, 1.82) is 0 Å². The van der Waals surface area contributed by atoms with Gasteiger partial charge in [-0.2, -0.15) is 11.3 Å². The summed E-state index contributed by atoms with van der Waals surface area (Å²) >= 11 is 1.68. The summed E-state index contributed by atoms with van der Waals surface area (Å²) in [6, 6.07) is 2.07. The molecule has 1 N–H and O–H groups in total. The molecule has 2 aliphatic rings. The highest BCUT2D eigenvalue weighted by atomic mass is 32.1. The molecule has 0 spiro atoms. The van der Waals surface area contributed by atoms with Gasteiger partial charge in [-0.15, -0.1) is 0 Å². The number of likely N-dealkylation sites (tertiary alicyclic amines) is 1. The van der Waals surface area contributed by atoms with Gasteiger partial charge in [0.2, 0.25) is 0 Å². The van der Waals surface area contributed by atoms with Gasteiger partial charge in [-0.1, -0.05) is 6.42 Å². The molecule has 1 aliphatic carbocycles. The van der Waals surface area contributed by atoms with Crippen LogP contribution in [0.2, 0.25) is 0 Å². The molecular weight excluding hydrogens is 246 g/mol. The Labute approximate surface area is 111 Å². The van der Waals surface area contributed by atoms with Gasteiger partial charge in [-0.25, -0.2) is 0 Å². The minimum atomic E-state index is -0.633. The van der Waals surface area contributed by atoms with Crippen molar-refractivity contribution in [2.45, 2.75) is 38.3 Å². The fourth-order valence-corrected chi connectivity index (χ4v) is 4.51. The van der Waals surface area contributed by atoms with Gasteiger partial charge in [-0.3, -0.25) is 9.69 Å². The topological polar surface area (TPSA) is 40.5 Å². The number of hydrogen-bond acceptors (Lipinski definition) is 3. The predicted octanol–water partition coefficient (Wildman–Crippen LogP) is 2.99. The van der Waals surface area contributed by atoms with E-state index in [1.54, 1.807) is 11.3 Å². The summed E-state index contributed by atoms with van der Waals surface area (Å²) in [6.07, 6.45) is 3.51. The lowest BCUT2D eigenvalue weighted by Gasteiger charge is -2.29. The van der Waals surface area contributed by atoms with Crippen LogP contribution in [-0.2, 0) is 4.79 Å². The number of rotatable bonds is 3. The van der Waals surface area contributed by atoms with Gasteiger partial charge < -0.3 is 5.11 Å². The highest BCUT2D eigenvalue weighted by molar-refractivity contribution is 7.07. The quantitative estimate of drug-likeness (QED) is 0.913. The molecule has 1 aromatic heterocycles. The summed E-state index contributed by atoms with van der Waals surface area (Å²) in [5.74, 6) is 0.349. The van der Waals surface area contributed by atoms with E-state index in [2.05, 4.69) is 28.7 Å². The van der Waals surface area contributed by atoms with E-state index < -0.39 is 5.97 Å². The zero-order chi connectivity index (χ0) is 12.7. The van der Waals surface area contributed by atoms with Crippen LogP contribution in [0.5, 0.6) is 0 Å². The van der Waals surface area contributed by atoms with Crippen LogP contribution in [0, 0.1) is 11.8 Å². The first-order valence-electron chi connectivity index (χ1n) is 6.69. The maximum absolute atomic E-state index is 11.6. The van der Waals surface area contributed by atoms with Crippen LogP contribution in [-0.4, -0.2) is 28.6 Å². The maximum Gasteiger partial charge on any atom is 0.321 e. The number of aliphatic carboxylic acids is 1. The number of fused-ring (bicyclic) bond motifs is 1. The number of thiophene rings is 1. The SMILES string of the molecule is CC(c1ccsc1)N1CC2CCCC2C1C(=O)O. The largest absolute Gasteiger partial charge is 0.480 e. The third kappa shape index (κ3) is 1.88. The highest BCUT2D eigenvalue weighted by Gasteiger charge is 2.49. The van der Waals surface area contributed by atoms with Crippen LogP contribution in [0.1, 0.15) is 37.8 Å². The fourth-order valence-electron chi connectivity index (χ4n) is 3.77. The number of carboxylic acid groups (broad SMARTS) is 1. The Kier molecular flexibility index (Phi) is 3.16. The molecule has 0 aromatic carbocycles. The Hall–Kier alpha value is -0.870. The van der Waals surface area contributed by atoms with Crippen molar-refractivity contribution in [3.63, 3.8) is 0 Å². The first-order chi connectivity index (χ1) is 8.68. The molecule has 1 aromatic rings. The highest BCUT2D eigenvalue weighted by Crippen LogP contribution is 2.45. The Morgan fingerprint density at radius 2 is 2.39 bits per heavy atom. The van der Waals surface area contributed by atoms with Gasteiger partial charge >= 0.3 is 5.97 Å². The molecule has 1 saturated heterocycles. The molecule has 18 heavy (non-hydrogen) atoms. The molecule has 1 aliphatic heterocycles. The molecule has 0 amide bonds. The molecule has 4 heteroatoms. The van der Waals surface area contributed by atoms with Gasteiger partial charge in [0.1, 0.15) is 6.04 Å². The second kappa shape index (κ2) is 4.67. The van der Waals surface area contributed by atoms with E-state index in [0.29, 0.717) is 11.8 Å². The van der Waals surface area contributed by atoms with E-state index in [0.717, 1.165) is 13.0 Å². The van der Waals surface area contributed by atoms with E-state index in [-0.39, 0.29) is 12.1 Å². The summed E-state index contributed by atoms with van der Waals surface area (Å²) < 4.78 is 0. The van der Waals surface area contributed by atoms with E-state index in [4.69, 9.17) is 0 Å². The van der Waals surface area contributed by atoms with Crippen LogP contribution in [0.25, 0.3) is 0 Å². The molecule has 0 bridgehead atoms. The molecule has 4 unspecified atom stereocenters. The Balaban J connectivity index is 1.85. The first kappa shape index (κ1) is 12.2. The van der Waals surface area contributed by atoms with E-state index >= 15 is 0 Å². The van der Waals surface area contributed by atoms with Crippen molar-refractivity contribution < 1.29 is 9.90 Å². The number of carboxylic acids is 1. The summed E-state index contributed by atoms with van der Waals surface area (Å²) in [6.45, 7) is 3.09. The monoisotopic (exact) mass is 265 g/mol. The van der Waals surface area contributed by atoms with Crippen molar-refractivity contribution >= 4 is 17.3 Å². The second-order valence-electron chi connectivity index (χ2n) is 5.57. The lowest BCUT2D eigenvalue weighted by Crippen LogP contribution is -2.40. The van der Waals surface area contributed by atoms with Gasteiger partial charge in [0.25, 0.3) is 0 Å². The summed E-state index contributed by atoms with van der Waals surface area (Å²) in [7, 11) is 0. The van der Waals surface area contributed by atoms with Crippen molar-refractivity contribution in [2.75, 3.05) is 6.54 Å². The van der Waals surface area contributed by atoms with Gasteiger partial charge in [-0.05, 0) is 54.0 Å². The predicted molar refractivity (Wildman–Crippen MR) is 71.7 cm³/mol. The van der Waals surface area contributed by atoms with Crippen LogP contribution in [0.15, 0.2) is 16.8 Å². The molecular formula is C14H19NO2S. The molecule has 98 valence electrons. The average Bonchev–Trinajstić information content (AvgIpc) is 3.03. The normalized spacial score (nSPS) is 33.5. The molecule has 1 saturated carbocycles. The van der Waals surface area contributed by atoms with Crippen molar-refractivity contribution in [1.82, 2.24) is 4.90 Å². The lowest BCUT2D eigenvalue weighted by molar-refractivity contribution is -0.144. The fraction of sp³-hybridized carbons (Fsp3) is 0.643. The maximum atomic E-state index is 11.6. The van der Waals surface area contributed by atoms with Crippen molar-refractivity contribution in [2.24, 2.45) is 11.8 Å². The zero-order valence-corrected chi connectivity index (χ0v) is 11.4. The standard InChI is InChI=1S/C14H19NO2S/c1-9(11-5-6-18-8-11)15-7-10-3-2-4-12(10)13(15)14(16)17/h5-6,8-10,12-13H,2-4,7H2,1H3,(H,16,17). The van der Waals surface area contributed by atoms with Gasteiger partial charge in [0.05, 0.1) is 0 Å². The summed E-state index contributed by atoms with van der Waals surface area (Å²) in [4.78, 5) is 13.8. The molecule has 0 radical (unpaired) electrons. The number of nitrogens with zero attached hydrogens (tertiary/aromatic N) is 1.